The van der Waals surface area contributed by atoms with Crippen molar-refractivity contribution in [1.29, 1.82) is 0 Å². The second-order valence-corrected chi connectivity index (χ2v) is 7.79. The summed E-state index contributed by atoms with van der Waals surface area (Å²) >= 11 is 3.16. The highest BCUT2D eigenvalue weighted by Crippen LogP contribution is 2.27. The van der Waals surface area contributed by atoms with Crippen LogP contribution in [0.5, 0.6) is 0 Å². The summed E-state index contributed by atoms with van der Waals surface area (Å²) in [6, 6.07) is 12.1. The molecule has 2 heterocycles. The Morgan fingerprint density at radius 2 is 2.00 bits per heavy atom. The van der Waals surface area contributed by atoms with Crippen LogP contribution in [0.25, 0.3) is 11.3 Å². The fourth-order valence-electron chi connectivity index (χ4n) is 2.52. The monoisotopic (exact) mass is 342 g/mol. The minimum absolute atomic E-state index is 0.168. The highest BCUT2D eigenvalue weighted by Gasteiger charge is 2.15. The van der Waals surface area contributed by atoms with E-state index in [-0.39, 0.29) is 5.78 Å². The van der Waals surface area contributed by atoms with Crippen LogP contribution in [0.1, 0.15) is 20.1 Å². The number of nitrogens with zero attached hydrogens (tertiary/aromatic N) is 2. The van der Waals surface area contributed by atoms with E-state index in [0.717, 1.165) is 26.9 Å². The molecule has 0 aliphatic rings. The van der Waals surface area contributed by atoms with Crippen LogP contribution < -0.4 is 0 Å². The Balaban J connectivity index is 1.73. The lowest BCUT2D eigenvalue weighted by Gasteiger charge is -2.05. The van der Waals surface area contributed by atoms with Gasteiger partial charge in [0, 0.05) is 22.4 Å². The van der Waals surface area contributed by atoms with E-state index in [1.807, 2.05) is 55.9 Å². The van der Waals surface area contributed by atoms with E-state index in [9.17, 15) is 4.79 Å². The van der Waals surface area contributed by atoms with Crippen molar-refractivity contribution in [3.05, 3.63) is 57.9 Å². The summed E-state index contributed by atoms with van der Waals surface area (Å²) < 4.78 is 2.04. The van der Waals surface area contributed by atoms with E-state index in [4.69, 9.17) is 0 Å². The normalized spacial score (nSPS) is 10.9. The second-order valence-electron chi connectivity index (χ2n) is 5.39. The van der Waals surface area contributed by atoms with E-state index in [1.54, 1.807) is 11.3 Å². The van der Waals surface area contributed by atoms with Crippen LogP contribution in [0, 0.1) is 13.8 Å². The van der Waals surface area contributed by atoms with Gasteiger partial charge in [0.2, 0.25) is 0 Å². The van der Waals surface area contributed by atoms with Crippen molar-refractivity contribution >= 4 is 28.9 Å². The van der Waals surface area contributed by atoms with Gasteiger partial charge >= 0.3 is 0 Å². The van der Waals surface area contributed by atoms with E-state index < -0.39 is 0 Å². The van der Waals surface area contributed by atoms with Gasteiger partial charge in [-0.1, -0.05) is 42.1 Å². The van der Waals surface area contributed by atoms with Gasteiger partial charge in [0.05, 0.1) is 17.6 Å². The number of aromatic nitrogens is 2. The zero-order valence-electron chi connectivity index (χ0n) is 13.4. The largest absolute Gasteiger partial charge is 0.322 e. The Bertz CT molecular complexity index is 834. The minimum atomic E-state index is 0.168. The van der Waals surface area contributed by atoms with Gasteiger partial charge in [-0.15, -0.1) is 11.3 Å². The predicted octanol–water partition coefficient (Wildman–Crippen LogP) is 4.74. The fraction of sp³-hybridized carbons (Fsp3) is 0.222. The molecule has 3 aromatic rings. The first-order chi connectivity index (χ1) is 11.1. The maximum atomic E-state index is 12.4. The molecule has 0 saturated carbocycles. The maximum Gasteiger partial charge on any atom is 0.174 e. The van der Waals surface area contributed by atoms with Gasteiger partial charge in [-0.3, -0.25) is 4.79 Å². The summed E-state index contributed by atoms with van der Waals surface area (Å²) in [4.78, 5) is 19.1. The molecule has 0 N–H and O–H groups in total. The lowest BCUT2D eigenvalue weighted by Crippen LogP contribution is -2.04. The fourth-order valence-corrected chi connectivity index (χ4v) is 4.30. The van der Waals surface area contributed by atoms with Crippen molar-refractivity contribution in [2.24, 2.45) is 7.05 Å². The number of rotatable bonds is 5. The molecule has 1 aromatic carbocycles. The quantitative estimate of drug-likeness (QED) is 0.496. The van der Waals surface area contributed by atoms with Crippen molar-refractivity contribution < 1.29 is 4.79 Å². The standard InChI is InChI=1S/C18H18N2OS2/c1-12-9-15(13(2)23-12)17(21)11-22-18-19-10-16(20(18)3)14-7-5-4-6-8-14/h4-10H,11H2,1-3H3. The van der Waals surface area contributed by atoms with Gasteiger partial charge in [0.15, 0.2) is 10.9 Å². The summed E-state index contributed by atoms with van der Waals surface area (Å²) in [7, 11) is 1.99. The molecule has 23 heavy (non-hydrogen) atoms. The average Bonchev–Trinajstić information content (AvgIpc) is 3.08. The second kappa shape index (κ2) is 6.72. The average molecular weight is 342 g/mol. The van der Waals surface area contributed by atoms with Crippen molar-refractivity contribution in [3.63, 3.8) is 0 Å². The molecule has 0 atom stereocenters. The van der Waals surface area contributed by atoms with Gasteiger partial charge < -0.3 is 4.57 Å². The molecule has 3 nitrogen and oxygen atoms in total. The number of ketones is 1. The lowest BCUT2D eigenvalue weighted by molar-refractivity contribution is 0.102. The molecule has 0 saturated heterocycles. The van der Waals surface area contributed by atoms with Gasteiger partial charge in [-0.05, 0) is 25.5 Å². The number of hydrogen-bond acceptors (Lipinski definition) is 4. The topological polar surface area (TPSA) is 34.9 Å². The zero-order valence-corrected chi connectivity index (χ0v) is 15.0. The summed E-state index contributed by atoms with van der Waals surface area (Å²) in [5.74, 6) is 0.580. The molecule has 0 bridgehead atoms. The predicted molar refractivity (Wildman–Crippen MR) is 97.5 cm³/mol. The van der Waals surface area contributed by atoms with Gasteiger partial charge in [0.25, 0.3) is 0 Å². The van der Waals surface area contributed by atoms with E-state index >= 15 is 0 Å². The molecule has 0 aliphatic heterocycles. The maximum absolute atomic E-state index is 12.4. The van der Waals surface area contributed by atoms with Gasteiger partial charge in [-0.25, -0.2) is 4.98 Å². The Kier molecular flexibility index (Phi) is 4.68. The van der Waals surface area contributed by atoms with Crippen molar-refractivity contribution in [1.82, 2.24) is 9.55 Å². The summed E-state index contributed by atoms with van der Waals surface area (Å²) in [6.45, 7) is 4.04. The first-order valence-electron chi connectivity index (χ1n) is 7.36. The number of benzene rings is 1. The van der Waals surface area contributed by atoms with Crippen LogP contribution in [0.4, 0.5) is 0 Å². The molecular weight excluding hydrogens is 324 g/mol. The van der Waals surface area contributed by atoms with Crippen LogP contribution in [0.3, 0.4) is 0 Å². The Labute approximate surface area is 144 Å². The SMILES string of the molecule is Cc1cc(C(=O)CSc2ncc(-c3ccccc3)n2C)c(C)s1. The van der Waals surface area contributed by atoms with Crippen molar-refractivity contribution in [3.8, 4) is 11.3 Å². The van der Waals surface area contributed by atoms with Crippen LogP contribution in [-0.2, 0) is 7.05 Å². The van der Waals surface area contributed by atoms with E-state index in [1.165, 1.54) is 16.6 Å². The number of thioether (sulfide) groups is 1. The summed E-state index contributed by atoms with van der Waals surface area (Å²) in [5, 5.41) is 0.863. The number of Topliss-reactive ketones (excluding diaryl/α,β-unsaturated/α-hetero) is 1. The third-order valence-corrected chi connectivity index (χ3v) is 5.70. The highest BCUT2D eigenvalue weighted by molar-refractivity contribution is 7.99. The van der Waals surface area contributed by atoms with Crippen molar-refractivity contribution in [2.45, 2.75) is 19.0 Å². The number of carbonyl (C=O) groups is 1. The van der Waals surface area contributed by atoms with E-state index in [0.29, 0.717) is 5.75 Å². The number of aryl methyl sites for hydroxylation is 2. The molecule has 0 fully saturated rings. The number of thiophene rings is 1. The Morgan fingerprint density at radius 3 is 2.65 bits per heavy atom. The first-order valence-corrected chi connectivity index (χ1v) is 9.16. The Morgan fingerprint density at radius 1 is 1.26 bits per heavy atom. The van der Waals surface area contributed by atoms with Crippen LogP contribution in [-0.4, -0.2) is 21.1 Å². The van der Waals surface area contributed by atoms with Gasteiger partial charge in [0.1, 0.15) is 0 Å². The minimum Gasteiger partial charge on any atom is -0.322 e. The zero-order chi connectivity index (χ0) is 16.4. The molecule has 2 aromatic heterocycles. The number of carbonyl (C=O) groups excluding carboxylic acids is 1. The van der Waals surface area contributed by atoms with Crippen molar-refractivity contribution in [2.75, 3.05) is 5.75 Å². The molecule has 0 aliphatic carbocycles. The van der Waals surface area contributed by atoms with Crippen LogP contribution in [0.15, 0.2) is 47.8 Å². The molecule has 5 heteroatoms. The number of imidazole rings is 1. The molecule has 0 spiro atoms. The third kappa shape index (κ3) is 3.41. The molecule has 118 valence electrons. The molecule has 0 unspecified atom stereocenters. The smallest absolute Gasteiger partial charge is 0.174 e. The molecule has 0 radical (unpaired) electrons. The molecular formula is C18H18N2OS2. The Hall–Kier alpha value is -1.85. The lowest BCUT2D eigenvalue weighted by atomic mass is 10.2. The summed E-state index contributed by atoms with van der Waals surface area (Å²) in [6.07, 6.45) is 1.86. The third-order valence-electron chi connectivity index (χ3n) is 3.69. The highest BCUT2D eigenvalue weighted by atomic mass is 32.2. The first kappa shape index (κ1) is 16.0. The van der Waals surface area contributed by atoms with Gasteiger partial charge in [-0.2, -0.15) is 0 Å². The molecule has 0 amide bonds. The van der Waals surface area contributed by atoms with Crippen LogP contribution >= 0.6 is 23.1 Å². The summed E-state index contributed by atoms with van der Waals surface area (Å²) in [5.41, 5.74) is 3.03. The number of hydrogen-bond donors (Lipinski definition) is 0. The van der Waals surface area contributed by atoms with E-state index in [2.05, 4.69) is 17.1 Å². The molecule has 3 rings (SSSR count). The van der Waals surface area contributed by atoms with Crippen LogP contribution in [0.2, 0.25) is 0 Å².